The van der Waals surface area contributed by atoms with Crippen molar-refractivity contribution in [1.82, 2.24) is 11.5 Å². The fraction of sp³-hybridized carbons (Fsp3) is 1.00. The normalized spacial score (nSPS) is 22.5. The van der Waals surface area contributed by atoms with Crippen molar-refractivity contribution in [2.45, 2.75) is 130 Å². The van der Waals surface area contributed by atoms with E-state index in [1.165, 1.54) is 57.8 Å². The van der Waals surface area contributed by atoms with Crippen molar-refractivity contribution in [2.75, 3.05) is 0 Å². The fourth-order valence-corrected chi connectivity index (χ4v) is 4.73. The Hall–Kier alpha value is -0.120. The molecule has 0 aromatic rings. The van der Waals surface area contributed by atoms with Crippen LogP contribution in [0.5, 0.6) is 0 Å². The molecule has 0 amide bonds. The summed E-state index contributed by atoms with van der Waals surface area (Å²) in [5.41, 5.74) is 7.48. The average Bonchev–Trinajstić information content (AvgIpc) is 2.41. The minimum absolute atomic E-state index is 0. The highest BCUT2D eigenvalue weighted by Gasteiger charge is 2.39. The number of hydrogen-bond donors (Lipinski definition) is 3. The summed E-state index contributed by atoms with van der Waals surface area (Å²) in [5.74, 6) is 1.49. The molecule has 26 heavy (non-hydrogen) atoms. The zero-order valence-corrected chi connectivity index (χ0v) is 19.4. The van der Waals surface area contributed by atoms with Crippen molar-refractivity contribution in [1.29, 1.82) is 0 Å². The van der Waals surface area contributed by atoms with Crippen LogP contribution in [0.15, 0.2) is 0 Å². The Morgan fingerprint density at radius 3 is 1.77 bits per heavy atom. The van der Waals surface area contributed by atoms with Crippen molar-refractivity contribution < 1.29 is 0 Å². The van der Waals surface area contributed by atoms with Gasteiger partial charge in [-0.2, -0.15) is 0 Å². The topological polar surface area (TPSA) is 73.0 Å². The van der Waals surface area contributed by atoms with Gasteiger partial charge in [0.15, 0.2) is 0 Å². The molecule has 1 fully saturated rings. The lowest BCUT2D eigenvalue weighted by atomic mass is 9.72. The van der Waals surface area contributed by atoms with Crippen molar-refractivity contribution in [3.63, 3.8) is 0 Å². The van der Waals surface area contributed by atoms with Gasteiger partial charge in [-0.3, -0.25) is 0 Å². The standard InChI is InChI=1S/C23H48N2.H3N/c1-18(21(2,3)4)14-12-10-9-11-13-15-20(24)19-16-22(5,6)25-23(7,8)17-19;/h18-20,25H,9-17,24H2,1-8H3;1H3. The van der Waals surface area contributed by atoms with E-state index in [4.69, 9.17) is 5.73 Å². The smallest absolute Gasteiger partial charge is 0.0133 e. The van der Waals surface area contributed by atoms with Crippen LogP contribution in [0.25, 0.3) is 0 Å². The molecule has 2 atom stereocenters. The lowest BCUT2D eigenvalue weighted by Gasteiger charge is -2.48. The van der Waals surface area contributed by atoms with E-state index in [0.29, 0.717) is 17.4 Å². The first-order valence-corrected chi connectivity index (χ1v) is 10.9. The predicted octanol–water partition coefficient (Wildman–Crippen LogP) is 6.45. The van der Waals surface area contributed by atoms with Gasteiger partial charge in [0, 0.05) is 17.1 Å². The lowest BCUT2D eigenvalue weighted by Crippen LogP contribution is -2.60. The van der Waals surface area contributed by atoms with Crippen molar-refractivity contribution in [3.8, 4) is 0 Å². The molecule has 3 heteroatoms. The second-order valence-corrected chi connectivity index (χ2v) is 11.3. The van der Waals surface area contributed by atoms with E-state index in [9.17, 15) is 0 Å². The SMILES string of the molecule is CC(CCCCCCCC(N)C1CC(C)(C)NC(C)(C)C1)C(C)(C)C.N. The van der Waals surface area contributed by atoms with Crippen LogP contribution in [0.4, 0.5) is 0 Å². The number of rotatable bonds is 9. The number of piperidine rings is 1. The molecule has 0 aliphatic carbocycles. The van der Waals surface area contributed by atoms with Crippen LogP contribution in [-0.2, 0) is 0 Å². The second kappa shape index (κ2) is 10.4. The molecule has 0 spiro atoms. The van der Waals surface area contributed by atoms with Crippen LogP contribution in [-0.4, -0.2) is 17.1 Å². The van der Waals surface area contributed by atoms with E-state index >= 15 is 0 Å². The maximum atomic E-state index is 6.59. The van der Waals surface area contributed by atoms with E-state index < -0.39 is 0 Å². The van der Waals surface area contributed by atoms with Gasteiger partial charge in [0.05, 0.1) is 0 Å². The van der Waals surface area contributed by atoms with Crippen LogP contribution >= 0.6 is 0 Å². The summed E-state index contributed by atoms with van der Waals surface area (Å²) in [6.45, 7) is 18.8. The molecule has 1 aliphatic heterocycles. The first-order chi connectivity index (χ1) is 11.3. The summed E-state index contributed by atoms with van der Waals surface area (Å²) in [5, 5.41) is 3.77. The highest BCUT2D eigenvalue weighted by atomic mass is 15.1. The Kier molecular flexibility index (Phi) is 10.4. The summed E-state index contributed by atoms with van der Waals surface area (Å²) in [6.07, 6.45) is 11.8. The third-order valence-corrected chi connectivity index (χ3v) is 6.48. The molecule has 0 aromatic heterocycles. The Morgan fingerprint density at radius 1 is 0.885 bits per heavy atom. The molecular formula is C23H51N3. The summed E-state index contributed by atoms with van der Waals surface area (Å²) >= 11 is 0. The highest BCUT2D eigenvalue weighted by Crippen LogP contribution is 2.35. The monoisotopic (exact) mass is 369 g/mol. The van der Waals surface area contributed by atoms with Crippen LogP contribution < -0.4 is 17.2 Å². The van der Waals surface area contributed by atoms with E-state index in [1.54, 1.807) is 0 Å². The Morgan fingerprint density at radius 2 is 1.31 bits per heavy atom. The molecule has 1 heterocycles. The number of nitrogens with one attached hydrogen (secondary N) is 1. The first kappa shape index (κ1) is 25.9. The van der Waals surface area contributed by atoms with Gasteiger partial charge >= 0.3 is 0 Å². The summed E-state index contributed by atoms with van der Waals surface area (Å²) in [7, 11) is 0. The molecule has 6 N–H and O–H groups in total. The van der Waals surface area contributed by atoms with Gasteiger partial charge in [0.1, 0.15) is 0 Å². The molecule has 0 radical (unpaired) electrons. The summed E-state index contributed by atoms with van der Waals surface area (Å²) < 4.78 is 0. The maximum absolute atomic E-state index is 6.59. The zero-order valence-electron chi connectivity index (χ0n) is 19.4. The Bertz CT molecular complexity index is 365. The molecule has 0 aromatic carbocycles. The molecule has 2 unspecified atom stereocenters. The molecule has 0 saturated carbocycles. The third-order valence-electron chi connectivity index (χ3n) is 6.48. The largest absolute Gasteiger partial charge is 0.344 e. The average molecular weight is 370 g/mol. The highest BCUT2D eigenvalue weighted by molar-refractivity contribution is 4.99. The van der Waals surface area contributed by atoms with Gasteiger partial charge in [-0.1, -0.05) is 66.2 Å². The van der Waals surface area contributed by atoms with Crippen molar-refractivity contribution in [2.24, 2.45) is 23.0 Å². The van der Waals surface area contributed by atoms with Crippen LogP contribution in [0, 0.1) is 17.3 Å². The van der Waals surface area contributed by atoms with Crippen molar-refractivity contribution in [3.05, 3.63) is 0 Å². The number of unbranched alkanes of at least 4 members (excludes halogenated alkanes) is 4. The van der Waals surface area contributed by atoms with E-state index in [2.05, 4.69) is 60.7 Å². The van der Waals surface area contributed by atoms with Crippen LogP contribution in [0.2, 0.25) is 0 Å². The quantitative estimate of drug-likeness (QED) is 0.409. The van der Waals surface area contributed by atoms with Gasteiger partial charge in [-0.15, -0.1) is 0 Å². The maximum Gasteiger partial charge on any atom is 0.0133 e. The van der Waals surface area contributed by atoms with Gasteiger partial charge in [-0.25, -0.2) is 0 Å². The molecule has 1 saturated heterocycles. The van der Waals surface area contributed by atoms with Crippen LogP contribution in [0.3, 0.4) is 0 Å². The Balaban J connectivity index is 0.00000625. The molecule has 1 rings (SSSR count). The van der Waals surface area contributed by atoms with Gasteiger partial charge in [0.25, 0.3) is 0 Å². The number of hydrogen-bond acceptors (Lipinski definition) is 3. The molecule has 3 nitrogen and oxygen atoms in total. The minimum atomic E-state index is 0. The fourth-order valence-electron chi connectivity index (χ4n) is 4.73. The summed E-state index contributed by atoms with van der Waals surface area (Å²) in [4.78, 5) is 0. The van der Waals surface area contributed by atoms with Gasteiger partial charge in [0.2, 0.25) is 0 Å². The minimum Gasteiger partial charge on any atom is -0.344 e. The van der Waals surface area contributed by atoms with Gasteiger partial charge < -0.3 is 17.2 Å². The van der Waals surface area contributed by atoms with E-state index in [-0.39, 0.29) is 17.2 Å². The molecule has 1 aliphatic rings. The molecule has 158 valence electrons. The van der Waals surface area contributed by atoms with Gasteiger partial charge in [-0.05, 0) is 64.2 Å². The van der Waals surface area contributed by atoms with Crippen molar-refractivity contribution >= 4 is 0 Å². The second-order valence-electron chi connectivity index (χ2n) is 11.3. The molecular weight excluding hydrogens is 318 g/mol. The third kappa shape index (κ3) is 9.71. The van der Waals surface area contributed by atoms with Crippen LogP contribution in [0.1, 0.15) is 113 Å². The first-order valence-electron chi connectivity index (χ1n) is 10.9. The van der Waals surface area contributed by atoms with E-state index in [0.717, 1.165) is 5.92 Å². The lowest BCUT2D eigenvalue weighted by molar-refractivity contribution is 0.110. The summed E-state index contributed by atoms with van der Waals surface area (Å²) in [6, 6.07) is 0.376. The zero-order chi connectivity index (χ0) is 19.3. The Labute approximate surface area is 165 Å². The molecule has 0 bridgehead atoms. The van der Waals surface area contributed by atoms with E-state index in [1.807, 2.05) is 0 Å². The number of nitrogens with two attached hydrogens (primary N) is 1. The predicted molar refractivity (Wildman–Crippen MR) is 118 cm³/mol.